The largest absolute Gasteiger partial charge is 0.494 e. The van der Waals surface area contributed by atoms with E-state index in [-0.39, 0.29) is 11.6 Å². The molecule has 3 heterocycles. The predicted octanol–water partition coefficient (Wildman–Crippen LogP) is 5.86. The lowest BCUT2D eigenvalue weighted by Crippen LogP contribution is -2.61. The van der Waals surface area contributed by atoms with Gasteiger partial charge in [-0.25, -0.2) is 8.78 Å². The topological polar surface area (TPSA) is 63.6 Å². The lowest BCUT2D eigenvalue weighted by molar-refractivity contribution is -0.156. The summed E-state index contributed by atoms with van der Waals surface area (Å²) in [7, 11) is 0. The molecule has 41 heavy (non-hydrogen) atoms. The van der Waals surface area contributed by atoms with Crippen molar-refractivity contribution < 1.29 is 27.9 Å². The van der Waals surface area contributed by atoms with E-state index in [1.807, 2.05) is 26.8 Å². The van der Waals surface area contributed by atoms with E-state index in [2.05, 4.69) is 21.0 Å². The number of amidine groups is 1. The molecule has 0 amide bonds. The summed E-state index contributed by atoms with van der Waals surface area (Å²) in [5.74, 6) is 0.842. The monoisotopic (exact) mass is 567 g/mol. The average molecular weight is 568 g/mol. The molecule has 4 aliphatic rings. The van der Waals surface area contributed by atoms with Crippen LogP contribution < -0.4 is 4.74 Å². The Morgan fingerprint density at radius 3 is 2.49 bits per heavy atom. The SMILES string of the molecule is CCOC(=O)C1(C)CCN(C2=NOC3(C2)CN(Cc2cc(C4CC4)c(-c4ccc(F)cc4F)cc2OCC)C3)CC1. The number of rotatable bonds is 8. The van der Waals surface area contributed by atoms with E-state index >= 15 is 0 Å². The number of benzene rings is 2. The number of hydrogen-bond acceptors (Lipinski definition) is 7. The van der Waals surface area contributed by atoms with E-state index in [0.717, 1.165) is 92.6 Å². The zero-order chi connectivity index (χ0) is 28.8. The van der Waals surface area contributed by atoms with Crippen LogP contribution in [-0.4, -0.2) is 66.6 Å². The fourth-order valence-corrected chi connectivity index (χ4v) is 6.46. The van der Waals surface area contributed by atoms with Gasteiger partial charge in [-0.1, -0.05) is 5.16 Å². The lowest BCUT2D eigenvalue weighted by Gasteiger charge is -2.46. The van der Waals surface area contributed by atoms with Crippen molar-refractivity contribution in [3.8, 4) is 16.9 Å². The molecule has 1 spiro atoms. The number of likely N-dealkylation sites (tertiary alicyclic amines) is 2. The fourth-order valence-electron chi connectivity index (χ4n) is 6.46. The Labute approximate surface area is 240 Å². The van der Waals surface area contributed by atoms with Crippen LogP contribution in [0.25, 0.3) is 11.1 Å². The van der Waals surface area contributed by atoms with Crippen molar-refractivity contribution in [2.75, 3.05) is 39.4 Å². The summed E-state index contributed by atoms with van der Waals surface area (Å²) in [6.45, 7) is 10.4. The van der Waals surface area contributed by atoms with Crippen LogP contribution in [0.3, 0.4) is 0 Å². The van der Waals surface area contributed by atoms with Crippen LogP contribution in [0.1, 0.15) is 69.9 Å². The molecule has 3 fully saturated rings. The van der Waals surface area contributed by atoms with E-state index in [1.54, 1.807) is 0 Å². The molecule has 2 aromatic rings. The smallest absolute Gasteiger partial charge is 0.311 e. The minimum absolute atomic E-state index is 0.109. The quantitative estimate of drug-likeness (QED) is 0.373. The highest BCUT2D eigenvalue weighted by molar-refractivity contribution is 5.85. The summed E-state index contributed by atoms with van der Waals surface area (Å²) in [6, 6.07) is 7.88. The molecule has 2 saturated heterocycles. The zero-order valence-corrected chi connectivity index (χ0v) is 24.2. The van der Waals surface area contributed by atoms with Crippen LogP contribution in [0.4, 0.5) is 8.78 Å². The number of halogens is 2. The Morgan fingerprint density at radius 2 is 1.83 bits per heavy atom. The van der Waals surface area contributed by atoms with Crippen molar-refractivity contribution in [1.82, 2.24) is 9.80 Å². The molecule has 0 bridgehead atoms. The molecule has 220 valence electrons. The van der Waals surface area contributed by atoms with Gasteiger partial charge in [0.2, 0.25) is 0 Å². The molecule has 0 atom stereocenters. The van der Waals surface area contributed by atoms with Gasteiger partial charge in [0.05, 0.1) is 25.0 Å². The maximum Gasteiger partial charge on any atom is 0.311 e. The molecule has 1 aliphatic carbocycles. The Balaban J connectivity index is 1.11. The van der Waals surface area contributed by atoms with Crippen molar-refractivity contribution in [2.24, 2.45) is 10.6 Å². The molecule has 7 nitrogen and oxygen atoms in total. The first kappa shape index (κ1) is 27.9. The number of hydrogen-bond donors (Lipinski definition) is 0. The third kappa shape index (κ3) is 5.53. The molecule has 3 aliphatic heterocycles. The summed E-state index contributed by atoms with van der Waals surface area (Å²) in [5.41, 5.74) is 2.62. The molecule has 0 unspecified atom stereocenters. The minimum Gasteiger partial charge on any atom is -0.494 e. The molecule has 0 aromatic heterocycles. The van der Waals surface area contributed by atoms with Gasteiger partial charge in [0, 0.05) is 49.9 Å². The first-order valence-corrected chi connectivity index (χ1v) is 14.9. The lowest BCUT2D eigenvalue weighted by atomic mass is 9.80. The third-order valence-corrected chi connectivity index (χ3v) is 9.01. The van der Waals surface area contributed by atoms with Gasteiger partial charge in [0.25, 0.3) is 0 Å². The second kappa shape index (κ2) is 10.9. The van der Waals surface area contributed by atoms with Crippen molar-refractivity contribution in [2.45, 2.75) is 70.9 Å². The first-order chi connectivity index (χ1) is 19.7. The standard InChI is InChI=1S/C32H39F2N3O4/c1-4-39-28-16-26(24-9-8-23(33)15-27(24)34)25(21-6-7-21)14-22(28)18-36-19-32(20-36)17-29(35-41-32)37-12-10-31(3,11-13-37)30(38)40-5-2/h8-9,14-16,21H,4-7,10-13,17-20H2,1-3H3. The van der Waals surface area contributed by atoms with Gasteiger partial charge in [-0.05, 0) is 87.8 Å². The predicted molar refractivity (Wildman–Crippen MR) is 152 cm³/mol. The maximum atomic E-state index is 14.8. The number of esters is 1. The normalized spacial score (nSPS) is 21.3. The highest BCUT2D eigenvalue weighted by Gasteiger charge is 2.51. The first-order valence-electron chi connectivity index (χ1n) is 14.9. The van der Waals surface area contributed by atoms with Gasteiger partial charge in [-0.15, -0.1) is 0 Å². The van der Waals surface area contributed by atoms with E-state index in [1.165, 1.54) is 12.1 Å². The maximum absolute atomic E-state index is 14.8. The number of ether oxygens (including phenoxy) is 2. The van der Waals surface area contributed by atoms with E-state index in [0.29, 0.717) is 31.2 Å². The van der Waals surface area contributed by atoms with Crippen molar-refractivity contribution in [3.63, 3.8) is 0 Å². The second-order valence-electron chi connectivity index (χ2n) is 12.3. The average Bonchev–Trinajstić information content (AvgIpc) is 3.68. The van der Waals surface area contributed by atoms with Gasteiger partial charge in [0.1, 0.15) is 23.2 Å². The Bertz CT molecular complexity index is 1340. The molecule has 0 N–H and O–H groups in total. The summed E-state index contributed by atoms with van der Waals surface area (Å²) < 4.78 is 39.7. The number of nitrogens with zero attached hydrogens (tertiary/aromatic N) is 3. The van der Waals surface area contributed by atoms with Crippen LogP contribution in [0.5, 0.6) is 5.75 Å². The molecule has 6 rings (SSSR count). The summed E-state index contributed by atoms with van der Waals surface area (Å²) in [5, 5.41) is 4.47. The Hall–Kier alpha value is -3.20. The van der Waals surface area contributed by atoms with E-state index in [4.69, 9.17) is 14.3 Å². The van der Waals surface area contributed by atoms with E-state index in [9.17, 15) is 13.6 Å². The van der Waals surface area contributed by atoms with Gasteiger partial charge >= 0.3 is 5.97 Å². The number of oxime groups is 1. The second-order valence-corrected chi connectivity index (χ2v) is 12.3. The molecular formula is C32H39F2N3O4. The Kier molecular flexibility index (Phi) is 7.42. The summed E-state index contributed by atoms with van der Waals surface area (Å²) >= 11 is 0. The number of carbonyl (C=O) groups is 1. The van der Waals surface area contributed by atoms with Crippen LogP contribution in [-0.2, 0) is 20.9 Å². The minimum atomic E-state index is -0.579. The molecule has 1 saturated carbocycles. The highest BCUT2D eigenvalue weighted by atomic mass is 19.1. The van der Waals surface area contributed by atoms with Gasteiger partial charge in [0.15, 0.2) is 5.60 Å². The molecular weight excluding hydrogens is 528 g/mol. The van der Waals surface area contributed by atoms with Crippen LogP contribution in [0.2, 0.25) is 0 Å². The Morgan fingerprint density at radius 1 is 1.07 bits per heavy atom. The van der Waals surface area contributed by atoms with Crippen LogP contribution >= 0.6 is 0 Å². The molecule has 2 aromatic carbocycles. The van der Waals surface area contributed by atoms with Gasteiger partial charge in [-0.3, -0.25) is 9.69 Å². The van der Waals surface area contributed by atoms with Gasteiger partial charge in [-0.2, -0.15) is 0 Å². The summed E-state index contributed by atoms with van der Waals surface area (Å²) in [4.78, 5) is 23.0. The number of piperidine rings is 1. The van der Waals surface area contributed by atoms with Crippen molar-refractivity contribution >= 4 is 11.8 Å². The molecule has 0 radical (unpaired) electrons. The summed E-state index contributed by atoms with van der Waals surface area (Å²) in [6.07, 6.45) is 4.38. The fraction of sp³-hybridized carbons (Fsp3) is 0.562. The molecule has 9 heteroatoms. The zero-order valence-electron chi connectivity index (χ0n) is 24.2. The van der Waals surface area contributed by atoms with Gasteiger partial charge < -0.3 is 19.2 Å². The van der Waals surface area contributed by atoms with Crippen molar-refractivity contribution in [1.29, 1.82) is 0 Å². The van der Waals surface area contributed by atoms with Crippen LogP contribution in [0.15, 0.2) is 35.5 Å². The van der Waals surface area contributed by atoms with E-state index < -0.39 is 17.0 Å². The highest BCUT2D eigenvalue weighted by Crippen LogP contribution is 2.47. The van der Waals surface area contributed by atoms with Crippen molar-refractivity contribution in [3.05, 3.63) is 53.1 Å². The van der Waals surface area contributed by atoms with Crippen LogP contribution in [0, 0.1) is 17.0 Å². The third-order valence-electron chi connectivity index (χ3n) is 9.01. The number of carbonyl (C=O) groups excluding carboxylic acids is 1.